The summed E-state index contributed by atoms with van der Waals surface area (Å²) < 4.78 is 21.4. The van der Waals surface area contributed by atoms with E-state index in [2.05, 4.69) is 5.32 Å². The maximum Gasteiger partial charge on any atom is 0.341 e. The Bertz CT molecular complexity index is 714. The Morgan fingerprint density at radius 1 is 1.14 bits per heavy atom. The van der Waals surface area contributed by atoms with Crippen LogP contribution in [0.25, 0.3) is 0 Å². The summed E-state index contributed by atoms with van der Waals surface area (Å²) in [5.41, 5.74) is 0.541. The zero-order valence-electron chi connectivity index (χ0n) is 16.7. The summed E-state index contributed by atoms with van der Waals surface area (Å²) >= 11 is 6.30. The number of urea groups is 1. The number of methoxy groups -OCH3 is 2. The maximum absolute atomic E-state index is 13.0. The third kappa shape index (κ3) is 5.52. The molecule has 2 heterocycles. The largest absolute Gasteiger partial charge is 0.496 e. The lowest BCUT2D eigenvalue weighted by Crippen LogP contribution is -2.44. The van der Waals surface area contributed by atoms with E-state index in [0.717, 1.165) is 38.9 Å². The molecule has 0 saturated carbocycles. The highest BCUT2D eigenvalue weighted by atomic mass is 35.5. The first-order valence-corrected chi connectivity index (χ1v) is 10.1. The van der Waals surface area contributed by atoms with Gasteiger partial charge in [0.1, 0.15) is 11.3 Å². The number of carbonyl (C=O) groups excluding carboxylic acids is 2. The molecule has 0 radical (unpaired) electrons. The van der Waals surface area contributed by atoms with E-state index in [1.165, 1.54) is 26.4 Å². The number of ether oxygens (including phenoxy) is 4. The van der Waals surface area contributed by atoms with E-state index < -0.39 is 5.97 Å². The minimum Gasteiger partial charge on any atom is -0.496 e. The molecule has 2 aliphatic heterocycles. The second-order valence-corrected chi connectivity index (χ2v) is 7.54. The van der Waals surface area contributed by atoms with Crippen molar-refractivity contribution in [3.05, 3.63) is 22.7 Å². The van der Waals surface area contributed by atoms with Gasteiger partial charge in [0.2, 0.25) is 0 Å². The lowest BCUT2D eigenvalue weighted by atomic mass is 10.1. The van der Waals surface area contributed by atoms with Crippen LogP contribution in [-0.4, -0.2) is 69.6 Å². The second kappa shape index (κ2) is 10.1. The van der Waals surface area contributed by atoms with Gasteiger partial charge in [-0.1, -0.05) is 11.6 Å². The van der Waals surface area contributed by atoms with Gasteiger partial charge in [-0.3, -0.25) is 0 Å². The monoisotopic (exact) mass is 426 g/mol. The predicted octanol–water partition coefficient (Wildman–Crippen LogP) is 3.33. The van der Waals surface area contributed by atoms with Crippen LogP contribution in [0.5, 0.6) is 5.75 Å². The van der Waals surface area contributed by atoms with Crippen molar-refractivity contribution in [3.8, 4) is 5.75 Å². The molecule has 2 aliphatic rings. The van der Waals surface area contributed by atoms with E-state index in [0.29, 0.717) is 18.8 Å². The Morgan fingerprint density at radius 3 is 2.24 bits per heavy atom. The number of hydrogen-bond acceptors (Lipinski definition) is 6. The highest BCUT2D eigenvalue weighted by molar-refractivity contribution is 6.34. The topological polar surface area (TPSA) is 86.3 Å². The van der Waals surface area contributed by atoms with E-state index in [1.807, 2.05) is 0 Å². The van der Waals surface area contributed by atoms with Crippen LogP contribution in [0.15, 0.2) is 12.1 Å². The third-order valence-electron chi connectivity index (χ3n) is 5.12. The van der Waals surface area contributed by atoms with Crippen LogP contribution in [0.2, 0.25) is 5.02 Å². The fourth-order valence-electron chi connectivity index (χ4n) is 3.59. The summed E-state index contributed by atoms with van der Waals surface area (Å²) in [6.07, 6.45) is 3.90. The van der Waals surface area contributed by atoms with Crippen molar-refractivity contribution < 1.29 is 28.5 Å². The molecule has 0 bridgehead atoms. The van der Waals surface area contributed by atoms with Crippen molar-refractivity contribution in [3.63, 3.8) is 0 Å². The highest BCUT2D eigenvalue weighted by Crippen LogP contribution is 2.32. The number of nitrogens with one attached hydrogen (secondary N) is 1. The van der Waals surface area contributed by atoms with Gasteiger partial charge in [-0.25, -0.2) is 9.59 Å². The molecule has 160 valence electrons. The van der Waals surface area contributed by atoms with Crippen molar-refractivity contribution in [1.82, 2.24) is 4.90 Å². The number of anilines is 1. The fourth-order valence-corrected chi connectivity index (χ4v) is 3.80. The highest BCUT2D eigenvalue weighted by Gasteiger charge is 2.27. The normalized spacial score (nSPS) is 21.1. The number of nitrogens with zero attached hydrogens (tertiary/aromatic N) is 1. The SMILES string of the molecule is COC(=O)c1cc(Cl)c(NC(=O)N(C[C@H]2CCCO2)C[C@H]2CCCO2)cc1OC. The van der Waals surface area contributed by atoms with Crippen LogP contribution in [-0.2, 0) is 14.2 Å². The summed E-state index contributed by atoms with van der Waals surface area (Å²) in [6, 6.07) is 2.64. The average Bonchev–Trinajstić information content (AvgIpc) is 3.42. The van der Waals surface area contributed by atoms with Gasteiger partial charge in [-0.15, -0.1) is 0 Å². The summed E-state index contributed by atoms with van der Waals surface area (Å²) in [4.78, 5) is 26.6. The number of esters is 1. The van der Waals surface area contributed by atoms with Gasteiger partial charge in [0.15, 0.2) is 0 Å². The molecule has 0 unspecified atom stereocenters. The van der Waals surface area contributed by atoms with Gasteiger partial charge < -0.3 is 29.2 Å². The molecule has 0 aliphatic carbocycles. The lowest BCUT2D eigenvalue weighted by molar-refractivity contribution is 0.0524. The standard InChI is InChI=1S/C20H27ClN2O6/c1-26-18-10-17(16(21)9-15(18)19(24)27-2)22-20(25)23(11-13-5-3-7-28-13)12-14-6-4-8-29-14/h9-10,13-14H,3-8,11-12H2,1-2H3,(H,22,25)/t13-,14-/m1/s1. The van der Waals surface area contributed by atoms with Gasteiger partial charge in [0, 0.05) is 32.4 Å². The van der Waals surface area contributed by atoms with E-state index in [4.69, 9.17) is 30.5 Å². The number of amides is 2. The molecule has 2 atom stereocenters. The molecule has 0 aromatic heterocycles. The quantitative estimate of drug-likeness (QED) is 0.673. The number of carbonyl (C=O) groups is 2. The van der Waals surface area contributed by atoms with Gasteiger partial charge in [-0.2, -0.15) is 0 Å². The smallest absolute Gasteiger partial charge is 0.341 e. The van der Waals surface area contributed by atoms with Crippen LogP contribution in [0.1, 0.15) is 36.0 Å². The minimum absolute atomic E-state index is 0.0221. The first kappa shape index (κ1) is 21.7. The predicted molar refractivity (Wildman–Crippen MR) is 108 cm³/mol. The molecule has 0 spiro atoms. The van der Waals surface area contributed by atoms with E-state index in [1.54, 1.807) is 4.90 Å². The van der Waals surface area contributed by atoms with Crippen LogP contribution in [0, 0.1) is 0 Å². The third-order valence-corrected chi connectivity index (χ3v) is 5.43. The Hall–Kier alpha value is -2.03. The molecule has 3 rings (SSSR count). The Labute approximate surface area is 175 Å². The molecule has 2 fully saturated rings. The Morgan fingerprint density at radius 2 is 1.76 bits per heavy atom. The number of rotatable bonds is 7. The molecule has 9 heteroatoms. The van der Waals surface area contributed by atoms with Crippen molar-refractivity contribution in [2.75, 3.05) is 45.8 Å². The number of halogens is 1. The van der Waals surface area contributed by atoms with Gasteiger partial charge >= 0.3 is 12.0 Å². The molecule has 8 nitrogen and oxygen atoms in total. The number of benzene rings is 1. The van der Waals surface area contributed by atoms with Crippen LogP contribution in [0.4, 0.5) is 10.5 Å². The van der Waals surface area contributed by atoms with Gasteiger partial charge in [0.25, 0.3) is 0 Å². The van der Waals surface area contributed by atoms with E-state index in [9.17, 15) is 9.59 Å². The second-order valence-electron chi connectivity index (χ2n) is 7.13. The van der Waals surface area contributed by atoms with Crippen LogP contribution >= 0.6 is 11.6 Å². The first-order chi connectivity index (χ1) is 14.0. The van der Waals surface area contributed by atoms with Crippen molar-refractivity contribution in [2.24, 2.45) is 0 Å². The number of hydrogen-bond donors (Lipinski definition) is 1. The maximum atomic E-state index is 13.0. The van der Waals surface area contributed by atoms with Crippen LogP contribution < -0.4 is 10.1 Å². The molecule has 1 aromatic carbocycles. The summed E-state index contributed by atoms with van der Waals surface area (Å²) in [7, 11) is 2.71. The molecular weight excluding hydrogens is 400 g/mol. The summed E-state index contributed by atoms with van der Waals surface area (Å²) in [6.45, 7) is 2.41. The van der Waals surface area contributed by atoms with Crippen LogP contribution in [0.3, 0.4) is 0 Å². The summed E-state index contributed by atoms with van der Waals surface area (Å²) in [5.74, 6) is -0.304. The molecule has 2 saturated heterocycles. The van der Waals surface area contributed by atoms with Crippen molar-refractivity contribution in [1.29, 1.82) is 0 Å². The average molecular weight is 427 g/mol. The molecule has 1 N–H and O–H groups in total. The zero-order chi connectivity index (χ0) is 20.8. The van der Waals surface area contributed by atoms with Crippen molar-refractivity contribution in [2.45, 2.75) is 37.9 Å². The first-order valence-electron chi connectivity index (χ1n) is 9.76. The molecule has 1 aromatic rings. The fraction of sp³-hybridized carbons (Fsp3) is 0.600. The molecule has 29 heavy (non-hydrogen) atoms. The van der Waals surface area contributed by atoms with Gasteiger partial charge in [0.05, 0.1) is 37.1 Å². The van der Waals surface area contributed by atoms with E-state index in [-0.39, 0.29) is 34.6 Å². The molecular formula is C20H27ClN2O6. The van der Waals surface area contributed by atoms with Crippen molar-refractivity contribution >= 4 is 29.3 Å². The minimum atomic E-state index is -0.569. The zero-order valence-corrected chi connectivity index (χ0v) is 17.5. The lowest BCUT2D eigenvalue weighted by Gasteiger charge is -2.28. The van der Waals surface area contributed by atoms with E-state index >= 15 is 0 Å². The molecule has 2 amide bonds. The summed E-state index contributed by atoms with van der Waals surface area (Å²) in [5, 5.41) is 3.05. The Kier molecular flexibility index (Phi) is 7.57. The van der Waals surface area contributed by atoms with Gasteiger partial charge in [-0.05, 0) is 31.7 Å². The Balaban J connectivity index is 1.75.